The summed E-state index contributed by atoms with van der Waals surface area (Å²) in [5, 5.41) is 9.82. The first-order valence-electron chi connectivity index (χ1n) is 5.74. The fraction of sp³-hybridized carbons (Fsp3) is 0.636. The SMILES string of the molecule is CSc1ncc(C(F)(F)F)c(OC2CCCC2O)n1. The number of hydrogen-bond acceptors (Lipinski definition) is 5. The molecule has 1 N–H and O–H groups in total. The molecule has 0 aromatic carbocycles. The number of hydrogen-bond donors (Lipinski definition) is 1. The minimum atomic E-state index is -4.57. The standard InChI is InChI=1S/C11H13F3N2O2S/c1-19-10-15-5-6(11(12,13)14)9(16-10)18-8-4-2-3-7(8)17/h5,7-8,17H,2-4H2,1H3. The molecule has 1 aliphatic carbocycles. The molecule has 0 spiro atoms. The van der Waals surface area contributed by atoms with Crippen LogP contribution in [0.3, 0.4) is 0 Å². The zero-order chi connectivity index (χ0) is 14.0. The highest BCUT2D eigenvalue weighted by Gasteiger charge is 2.38. The minimum absolute atomic E-state index is 0.204. The summed E-state index contributed by atoms with van der Waals surface area (Å²) in [6.45, 7) is 0. The molecule has 2 atom stereocenters. The normalized spacial score (nSPS) is 23.6. The summed E-state index contributed by atoms with van der Waals surface area (Å²) in [5.41, 5.74) is -1.01. The summed E-state index contributed by atoms with van der Waals surface area (Å²) in [4.78, 5) is 7.36. The summed E-state index contributed by atoms with van der Waals surface area (Å²) in [7, 11) is 0. The van der Waals surface area contributed by atoms with Crippen molar-refractivity contribution < 1.29 is 23.0 Å². The van der Waals surface area contributed by atoms with Gasteiger partial charge in [0.25, 0.3) is 0 Å². The number of alkyl halides is 3. The maximum Gasteiger partial charge on any atom is 0.423 e. The zero-order valence-electron chi connectivity index (χ0n) is 10.1. The monoisotopic (exact) mass is 294 g/mol. The van der Waals surface area contributed by atoms with E-state index in [0.29, 0.717) is 12.8 Å². The van der Waals surface area contributed by atoms with Gasteiger partial charge in [-0.1, -0.05) is 11.8 Å². The molecule has 1 saturated carbocycles. The third-order valence-corrected chi connectivity index (χ3v) is 3.46. The van der Waals surface area contributed by atoms with Gasteiger partial charge in [0.15, 0.2) is 5.16 Å². The van der Waals surface area contributed by atoms with Crippen molar-refractivity contribution in [3.05, 3.63) is 11.8 Å². The Bertz CT molecular complexity index is 456. The van der Waals surface area contributed by atoms with E-state index in [1.807, 2.05) is 0 Å². The van der Waals surface area contributed by atoms with Gasteiger partial charge in [-0.2, -0.15) is 18.2 Å². The van der Waals surface area contributed by atoms with Crippen LogP contribution < -0.4 is 4.74 Å². The lowest BCUT2D eigenvalue weighted by molar-refractivity contribution is -0.140. The fourth-order valence-electron chi connectivity index (χ4n) is 1.92. The summed E-state index contributed by atoms with van der Waals surface area (Å²) < 4.78 is 43.7. The lowest BCUT2D eigenvalue weighted by Crippen LogP contribution is -2.27. The number of aliphatic hydroxyl groups excluding tert-OH is 1. The van der Waals surface area contributed by atoms with Gasteiger partial charge in [-0.25, -0.2) is 4.98 Å². The van der Waals surface area contributed by atoms with Gasteiger partial charge in [-0.05, 0) is 25.5 Å². The summed E-state index contributed by atoms with van der Waals surface area (Å²) in [6, 6.07) is 0. The van der Waals surface area contributed by atoms with Crippen molar-refractivity contribution in [1.82, 2.24) is 9.97 Å². The first-order chi connectivity index (χ1) is 8.91. The number of halogens is 3. The number of aromatic nitrogens is 2. The van der Waals surface area contributed by atoms with Crippen molar-refractivity contribution >= 4 is 11.8 Å². The number of ether oxygens (including phenoxy) is 1. The van der Waals surface area contributed by atoms with Gasteiger partial charge in [0.05, 0.1) is 6.10 Å². The predicted molar refractivity (Wildman–Crippen MR) is 63.1 cm³/mol. The van der Waals surface area contributed by atoms with E-state index in [4.69, 9.17) is 4.74 Å². The highest BCUT2D eigenvalue weighted by Crippen LogP contribution is 2.36. The van der Waals surface area contributed by atoms with E-state index in [1.165, 1.54) is 0 Å². The molecule has 1 fully saturated rings. The molecule has 0 radical (unpaired) electrons. The molecule has 1 heterocycles. The topological polar surface area (TPSA) is 55.2 Å². The van der Waals surface area contributed by atoms with Crippen LogP contribution in [-0.2, 0) is 6.18 Å². The Kier molecular flexibility index (Phi) is 4.19. The minimum Gasteiger partial charge on any atom is -0.471 e. The van der Waals surface area contributed by atoms with Gasteiger partial charge in [0.2, 0.25) is 5.88 Å². The van der Waals surface area contributed by atoms with Crippen LogP contribution in [0.4, 0.5) is 13.2 Å². The first-order valence-corrected chi connectivity index (χ1v) is 6.97. The van der Waals surface area contributed by atoms with Crippen LogP contribution in [0.1, 0.15) is 24.8 Å². The van der Waals surface area contributed by atoms with Crippen molar-refractivity contribution in [1.29, 1.82) is 0 Å². The zero-order valence-corrected chi connectivity index (χ0v) is 11.0. The van der Waals surface area contributed by atoms with Crippen molar-refractivity contribution in [2.75, 3.05) is 6.26 Å². The van der Waals surface area contributed by atoms with Gasteiger partial charge < -0.3 is 9.84 Å². The van der Waals surface area contributed by atoms with Crippen molar-refractivity contribution in [2.24, 2.45) is 0 Å². The molecule has 0 bridgehead atoms. The molecule has 0 saturated heterocycles. The van der Waals surface area contributed by atoms with E-state index in [9.17, 15) is 18.3 Å². The van der Waals surface area contributed by atoms with Crippen molar-refractivity contribution in [3.63, 3.8) is 0 Å². The molecule has 106 valence electrons. The Hall–Kier alpha value is -1.02. The molecule has 1 aliphatic rings. The Morgan fingerprint density at radius 1 is 1.42 bits per heavy atom. The van der Waals surface area contributed by atoms with E-state index in [2.05, 4.69) is 9.97 Å². The van der Waals surface area contributed by atoms with Gasteiger partial charge in [-0.15, -0.1) is 0 Å². The highest BCUT2D eigenvalue weighted by molar-refractivity contribution is 7.98. The smallest absolute Gasteiger partial charge is 0.423 e. The molecule has 19 heavy (non-hydrogen) atoms. The summed E-state index contributed by atoms with van der Waals surface area (Å²) >= 11 is 1.13. The predicted octanol–water partition coefficient (Wildman–Crippen LogP) is 2.51. The molecule has 1 aromatic rings. The Morgan fingerprint density at radius 2 is 2.16 bits per heavy atom. The number of thioether (sulfide) groups is 1. The number of aliphatic hydroxyl groups is 1. The van der Waals surface area contributed by atoms with Crippen LogP contribution >= 0.6 is 11.8 Å². The van der Waals surface area contributed by atoms with Gasteiger partial charge in [0, 0.05) is 6.20 Å². The second-order valence-electron chi connectivity index (χ2n) is 4.23. The molecule has 1 aromatic heterocycles. The van der Waals surface area contributed by atoms with Crippen LogP contribution in [0.15, 0.2) is 11.4 Å². The van der Waals surface area contributed by atoms with Crippen LogP contribution in [0.2, 0.25) is 0 Å². The van der Waals surface area contributed by atoms with E-state index < -0.39 is 29.8 Å². The first kappa shape index (κ1) is 14.4. The lowest BCUT2D eigenvalue weighted by atomic mass is 10.2. The van der Waals surface area contributed by atoms with Crippen molar-refractivity contribution in [3.8, 4) is 5.88 Å². The Labute approximate surface area is 112 Å². The highest BCUT2D eigenvalue weighted by atomic mass is 32.2. The summed E-state index contributed by atoms with van der Waals surface area (Å²) in [6.07, 6.45) is -1.78. The largest absolute Gasteiger partial charge is 0.471 e. The molecule has 2 unspecified atom stereocenters. The Balaban J connectivity index is 2.30. The van der Waals surface area contributed by atoms with E-state index >= 15 is 0 Å². The second kappa shape index (κ2) is 5.54. The molecule has 4 nitrogen and oxygen atoms in total. The van der Waals surface area contributed by atoms with E-state index in [1.54, 1.807) is 6.26 Å². The van der Waals surface area contributed by atoms with E-state index in [0.717, 1.165) is 24.4 Å². The van der Waals surface area contributed by atoms with Crippen LogP contribution in [0.5, 0.6) is 5.88 Å². The maximum absolute atomic E-state index is 12.8. The van der Waals surface area contributed by atoms with Gasteiger partial charge in [0.1, 0.15) is 11.7 Å². The molecule has 8 heteroatoms. The van der Waals surface area contributed by atoms with Gasteiger partial charge in [-0.3, -0.25) is 0 Å². The quantitative estimate of drug-likeness (QED) is 0.685. The molecular formula is C11H13F3N2O2S. The van der Waals surface area contributed by atoms with Crippen LogP contribution in [-0.4, -0.2) is 33.5 Å². The third-order valence-electron chi connectivity index (χ3n) is 2.90. The third kappa shape index (κ3) is 3.30. The van der Waals surface area contributed by atoms with Gasteiger partial charge >= 0.3 is 6.18 Å². The molecule has 0 amide bonds. The number of nitrogens with zero attached hydrogens (tertiary/aromatic N) is 2. The maximum atomic E-state index is 12.8. The summed E-state index contributed by atoms with van der Waals surface area (Å²) in [5.74, 6) is -0.502. The van der Waals surface area contributed by atoms with Crippen LogP contribution in [0.25, 0.3) is 0 Å². The van der Waals surface area contributed by atoms with Crippen molar-refractivity contribution in [2.45, 2.75) is 42.8 Å². The Morgan fingerprint density at radius 3 is 2.68 bits per heavy atom. The van der Waals surface area contributed by atoms with E-state index in [-0.39, 0.29) is 5.16 Å². The molecular weight excluding hydrogens is 281 g/mol. The average Bonchev–Trinajstić information content (AvgIpc) is 2.73. The fourth-order valence-corrected chi connectivity index (χ4v) is 2.25. The lowest BCUT2D eigenvalue weighted by Gasteiger charge is -2.19. The molecule has 2 rings (SSSR count). The molecule has 0 aliphatic heterocycles. The second-order valence-corrected chi connectivity index (χ2v) is 5.00. The average molecular weight is 294 g/mol. The number of rotatable bonds is 3. The van der Waals surface area contributed by atoms with Crippen LogP contribution in [0, 0.1) is 0 Å².